The van der Waals surface area contributed by atoms with Crippen molar-refractivity contribution in [1.29, 1.82) is 5.41 Å². The second kappa shape index (κ2) is 4.22. The number of nitrogens with one attached hydrogen (secondary N) is 2. The first-order valence-electron chi connectivity index (χ1n) is 4.78. The standard InChI is InChI=1S/C11H11Br2N3/c1-6-3-8(12)10(9(13)4-6)16-5-7(2)15-11(16)14/h3-5H,1-2H3,(H2,14,15). The first kappa shape index (κ1) is 11.7. The van der Waals surface area contributed by atoms with Crippen molar-refractivity contribution in [2.24, 2.45) is 0 Å². The summed E-state index contributed by atoms with van der Waals surface area (Å²) in [6, 6.07) is 4.07. The summed E-state index contributed by atoms with van der Waals surface area (Å²) in [6.45, 7) is 3.97. The van der Waals surface area contributed by atoms with Crippen molar-refractivity contribution >= 4 is 31.9 Å². The van der Waals surface area contributed by atoms with Gasteiger partial charge in [0.15, 0.2) is 0 Å². The minimum atomic E-state index is 0.364. The van der Waals surface area contributed by atoms with Gasteiger partial charge in [0.05, 0.1) is 5.69 Å². The number of nitrogens with zero attached hydrogens (tertiary/aromatic N) is 1. The average Bonchev–Trinajstić information content (AvgIpc) is 2.43. The Hall–Kier alpha value is -0.810. The molecule has 0 atom stereocenters. The molecule has 0 aliphatic rings. The highest BCUT2D eigenvalue weighted by Gasteiger charge is 2.09. The summed E-state index contributed by atoms with van der Waals surface area (Å²) in [5.41, 5.74) is 3.44. The van der Waals surface area contributed by atoms with Gasteiger partial charge in [0, 0.05) is 20.8 Å². The molecule has 0 bridgehead atoms. The van der Waals surface area contributed by atoms with Gasteiger partial charge in [-0.2, -0.15) is 0 Å². The van der Waals surface area contributed by atoms with Crippen molar-refractivity contribution < 1.29 is 0 Å². The zero-order chi connectivity index (χ0) is 11.9. The van der Waals surface area contributed by atoms with Gasteiger partial charge >= 0.3 is 0 Å². The Bertz CT molecular complexity index is 573. The Morgan fingerprint density at radius 2 is 1.75 bits per heavy atom. The van der Waals surface area contributed by atoms with E-state index in [4.69, 9.17) is 5.41 Å². The van der Waals surface area contributed by atoms with Crippen molar-refractivity contribution in [3.05, 3.63) is 44.2 Å². The second-order valence-corrected chi connectivity index (χ2v) is 5.44. The smallest absolute Gasteiger partial charge is 0.204 e. The summed E-state index contributed by atoms with van der Waals surface area (Å²) in [5.74, 6) is 0. The van der Waals surface area contributed by atoms with Crippen molar-refractivity contribution in [3.63, 3.8) is 0 Å². The van der Waals surface area contributed by atoms with Gasteiger partial charge in [-0.15, -0.1) is 0 Å². The van der Waals surface area contributed by atoms with Crippen LogP contribution in [0.15, 0.2) is 27.3 Å². The summed E-state index contributed by atoms with van der Waals surface area (Å²) >= 11 is 7.06. The van der Waals surface area contributed by atoms with Crippen LogP contribution in [-0.2, 0) is 0 Å². The van der Waals surface area contributed by atoms with Gasteiger partial charge in [0.1, 0.15) is 0 Å². The third kappa shape index (κ3) is 2.01. The largest absolute Gasteiger partial charge is 0.328 e. The molecule has 1 aromatic heterocycles. The topological polar surface area (TPSA) is 44.6 Å². The van der Waals surface area contributed by atoms with Crippen molar-refractivity contribution in [2.75, 3.05) is 0 Å². The van der Waals surface area contributed by atoms with E-state index in [1.165, 1.54) is 5.56 Å². The fraction of sp³-hybridized carbons (Fsp3) is 0.182. The Kier molecular flexibility index (Phi) is 3.08. The molecule has 2 N–H and O–H groups in total. The molecular weight excluding hydrogens is 334 g/mol. The summed E-state index contributed by atoms with van der Waals surface area (Å²) in [5, 5.41) is 7.84. The number of hydrogen-bond acceptors (Lipinski definition) is 1. The van der Waals surface area contributed by atoms with Crippen LogP contribution in [0.4, 0.5) is 0 Å². The second-order valence-electron chi connectivity index (χ2n) is 3.73. The Balaban J connectivity index is 2.74. The number of aromatic amines is 1. The number of hydrogen-bond donors (Lipinski definition) is 2. The molecule has 3 nitrogen and oxygen atoms in total. The predicted molar refractivity (Wildman–Crippen MR) is 70.8 cm³/mol. The molecule has 1 heterocycles. The van der Waals surface area contributed by atoms with E-state index in [9.17, 15) is 0 Å². The van der Waals surface area contributed by atoms with E-state index in [1.54, 1.807) is 0 Å². The molecule has 0 aliphatic heterocycles. The Morgan fingerprint density at radius 1 is 1.19 bits per heavy atom. The van der Waals surface area contributed by atoms with E-state index < -0.39 is 0 Å². The molecule has 0 radical (unpaired) electrons. The maximum atomic E-state index is 7.84. The van der Waals surface area contributed by atoms with Crippen LogP contribution < -0.4 is 5.62 Å². The molecule has 0 amide bonds. The number of rotatable bonds is 1. The van der Waals surface area contributed by atoms with E-state index in [0.29, 0.717) is 5.62 Å². The minimum absolute atomic E-state index is 0.364. The fourth-order valence-electron chi connectivity index (χ4n) is 1.64. The van der Waals surface area contributed by atoms with Crippen LogP contribution in [0.3, 0.4) is 0 Å². The molecule has 0 saturated heterocycles. The molecule has 16 heavy (non-hydrogen) atoms. The normalized spacial score (nSPS) is 10.8. The van der Waals surface area contributed by atoms with Gasteiger partial charge in [0.25, 0.3) is 0 Å². The molecule has 0 aliphatic carbocycles. The molecule has 1 aromatic carbocycles. The third-order valence-electron chi connectivity index (χ3n) is 2.28. The van der Waals surface area contributed by atoms with Crippen LogP contribution in [0.5, 0.6) is 0 Å². The lowest BCUT2D eigenvalue weighted by atomic mass is 10.2. The summed E-state index contributed by atoms with van der Waals surface area (Å²) in [4.78, 5) is 2.96. The molecule has 0 fully saturated rings. The number of H-pyrrole nitrogens is 1. The van der Waals surface area contributed by atoms with Gasteiger partial charge in [-0.25, -0.2) is 0 Å². The van der Waals surface area contributed by atoms with Crippen LogP contribution in [0.25, 0.3) is 5.69 Å². The highest BCUT2D eigenvalue weighted by atomic mass is 79.9. The quantitative estimate of drug-likeness (QED) is 0.796. The van der Waals surface area contributed by atoms with Gasteiger partial charge in [-0.05, 0) is 63.4 Å². The highest BCUT2D eigenvalue weighted by Crippen LogP contribution is 2.29. The molecule has 0 unspecified atom stereocenters. The van der Waals surface area contributed by atoms with E-state index in [1.807, 2.05) is 36.7 Å². The monoisotopic (exact) mass is 343 g/mol. The van der Waals surface area contributed by atoms with Gasteiger partial charge in [-0.1, -0.05) is 0 Å². The van der Waals surface area contributed by atoms with Crippen LogP contribution in [0.2, 0.25) is 0 Å². The number of benzene rings is 1. The lowest BCUT2D eigenvalue weighted by Gasteiger charge is -2.09. The number of halogens is 2. The maximum Gasteiger partial charge on any atom is 0.204 e. The van der Waals surface area contributed by atoms with E-state index in [2.05, 4.69) is 36.8 Å². The third-order valence-corrected chi connectivity index (χ3v) is 3.49. The van der Waals surface area contributed by atoms with Crippen molar-refractivity contribution in [1.82, 2.24) is 9.55 Å². The highest BCUT2D eigenvalue weighted by molar-refractivity contribution is 9.11. The minimum Gasteiger partial charge on any atom is -0.328 e. The van der Waals surface area contributed by atoms with Crippen LogP contribution in [0.1, 0.15) is 11.3 Å². The Morgan fingerprint density at radius 3 is 2.19 bits per heavy atom. The predicted octanol–water partition coefficient (Wildman–Crippen LogP) is 3.43. The fourth-order valence-corrected chi connectivity index (χ4v) is 3.43. The summed E-state index contributed by atoms with van der Waals surface area (Å²) in [6.07, 6.45) is 1.91. The van der Waals surface area contributed by atoms with Crippen LogP contribution in [-0.4, -0.2) is 9.55 Å². The lowest BCUT2D eigenvalue weighted by Crippen LogP contribution is -2.15. The van der Waals surface area contributed by atoms with Gasteiger partial charge in [0.2, 0.25) is 5.62 Å². The number of aryl methyl sites for hydroxylation is 2. The average molecular weight is 345 g/mol. The van der Waals surface area contributed by atoms with Crippen LogP contribution >= 0.6 is 31.9 Å². The first-order chi connectivity index (χ1) is 7.49. The molecule has 84 valence electrons. The zero-order valence-corrected chi connectivity index (χ0v) is 12.1. The Labute approximate surface area is 110 Å². The SMILES string of the molecule is Cc1cc(Br)c(-n2cc(C)[nH]c2=N)c(Br)c1. The molecular formula is C11H11Br2N3. The van der Waals surface area contributed by atoms with E-state index >= 15 is 0 Å². The maximum absolute atomic E-state index is 7.84. The molecule has 5 heteroatoms. The molecule has 2 aromatic rings. The number of imidazole rings is 1. The molecule has 2 rings (SSSR count). The molecule has 0 spiro atoms. The summed E-state index contributed by atoms with van der Waals surface area (Å²) in [7, 11) is 0. The number of aromatic nitrogens is 2. The van der Waals surface area contributed by atoms with Crippen molar-refractivity contribution in [3.8, 4) is 5.69 Å². The van der Waals surface area contributed by atoms with Gasteiger partial charge in [-0.3, -0.25) is 9.98 Å². The molecule has 0 saturated carbocycles. The first-order valence-corrected chi connectivity index (χ1v) is 6.36. The zero-order valence-electron chi connectivity index (χ0n) is 8.94. The van der Waals surface area contributed by atoms with E-state index in [0.717, 1.165) is 20.3 Å². The van der Waals surface area contributed by atoms with Crippen molar-refractivity contribution in [2.45, 2.75) is 13.8 Å². The summed E-state index contributed by atoms with van der Waals surface area (Å²) < 4.78 is 3.75. The lowest BCUT2D eigenvalue weighted by molar-refractivity contribution is 0.898. The van der Waals surface area contributed by atoms with Gasteiger partial charge < -0.3 is 4.98 Å². The van der Waals surface area contributed by atoms with Crippen LogP contribution in [0, 0.1) is 19.3 Å². The van der Waals surface area contributed by atoms with E-state index in [-0.39, 0.29) is 0 Å².